The number of alkyl halides is 1. The SMILES string of the molecule is CC(C)NCCC[C@H](C)Br. The monoisotopic (exact) mass is 207 g/mol. The number of nitrogens with one attached hydrogen (secondary N) is 1. The Morgan fingerprint density at radius 1 is 1.30 bits per heavy atom. The average Bonchev–Trinajstić information content (AvgIpc) is 1.79. The second kappa shape index (κ2) is 6.17. The van der Waals surface area contributed by atoms with Crippen LogP contribution in [-0.4, -0.2) is 17.4 Å². The molecule has 0 aromatic rings. The minimum absolute atomic E-state index is 0.630. The van der Waals surface area contributed by atoms with E-state index in [1.165, 1.54) is 12.8 Å². The summed E-state index contributed by atoms with van der Waals surface area (Å²) in [5.41, 5.74) is 0. The van der Waals surface area contributed by atoms with Crippen molar-refractivity contribution in [2.45, 2.75) is 44.5 Å². The molecule has 62 valence electrons. The Labute approximate surface area is 72.7 Å². The van der Waals surface area contributed by atoms with Crippen LogP contribution in [0.2, 0.25) is 0 Å². The van der Waals surface area contributed by atoms with E-state index < -0.39 is 0 Å². The molecule has 0 aromatic heterocycles. The van der Waals surface area contributed by atoms with Crippen LogP contribution in [0.15, 0.2) is 0 Å². The largest absolute Gasteiger partial charge is 0.315 e. The van der Waals surface area contributed by atoms with Gasteiger partial charge in [0.1, 0.15) is 0 Å². The first kappa shape index (κ1) is 10.4. The van der Waals surface area contributed by atoms with Gasteiger partial charge in [0.2, 0.25) is 0 Å². The Bertz CT molecular complexity index is 61.7. The summed E-state index contributed by atoms with van der Waals surface area (Å²) in [4.78, 5) is 0.668. The molecule has 0 radical (unpaired) electrons. The van der Waals surface area contributed by atoms with Crippen molar-refractivity contribution in [3.8, 4) is 0 Å². The van der Waals surface area contributed by atoms with Crippen molar-refractivity contribution in [2.24, 2.45) is 0 Å². The van der Waals surface area contributed by atoms with Crippen molar-refractivity contribution >= 4 is 15.9 Å². The Kier molecular flexibility index (Phi) is 6.44. The molecule has 0 amide bonds. The van der Waals surface area contributed by atoms with E-state index in [4.69, 9.17) is 0 Å². The molecule has 10 heavy (non-hydrogen) atoms. The van der Waals surface area contributed by atoms with E-state index in [0.717, 1.165) is 6.54 Å². The molecule has 0 bridgehead atoms. The molecule has 0 unspecified atom stereocenters. The van der Waals surface area contributed by atoms with E-state index >= 15 is 0 Å². The molecule has 1 N–H and O–H groups in total. The highest BCUT2D eigenvalue weighted by Gasteiger charge is 1.95. The average molecular weight is 208 g/mol. The summed E-state index contributed by atoms with van der Waals surface area (Å²) in [5.74, 6) is 0. The smallest absolute Gasteiger partial charge is 0.0118 e. The van der Waals surface area contributed by atoms with Gasteiger partial charge in [-0.3, -0.25) is 0 Å². The molecule has 0 spiro atoms. The lowest BCUT2D eigenvalue weighted by atomic mass is 10.2. The molecule has 0 rings (SSSR count). The molecule has 0 aliphatic heterocycles. The lowest BCUT2D eigenvalue weighted by Gasteiger charge is -2.07. The maximum Gasteiger partial charge on any atom is 0.0118 e. The second-order valence-electron chi connectivity index (χ2n) is 3.03. The molecule has 0 saturated carbocycles. The van der Waals surface area contributed by atoms with Crippen molar-refractivity contribution in [3.05, 3.63) is 0 Å². The van der Waals surface area contributed by atoms with Gasteiger partial charge in [0, 0.05) is 10.9 Å². The first-order chi connectivity index (χ1) is 4.63. The molecule has 0 aliphatic carbocycles. The summed E-state index contributed by atoms with van der Waals surface area (Å²) in [6, 6.07) is 0.630. The fraction of sp³-hybridized carbons (Fsp3) is 1.00. The van der Waals surface area contributed by atoms with Crippen LogP contribution in [0.3, 0.4) is 0 Å². The van der Waals surface area contributed by atoms with E-state index in [1.807, 2.05) is 0 Å². The normalized spacial score (nSPS) is 14.1. The van der Waals surface area contributed by atoms with Crippen LogP contribution < -0.4 is 5.32 Å². The van der Waals surface area contributed by atoms with Crippen LogP contribution in [-0.2, 0) is 0 Å². The quantitative estimate of drug-likeness (QED) is 0.540. The number of halogens is 1. The Morgan fingerprint density at radius 2 is 1.90 bits per heavy atom. The van der Waals surface area contributed by atoms with Crippen molar-refractivity contribution < 1.29 is 0 Å². The summed E-state index contributed by atoms with van der Waals surface area (Å²) >= 11 is 3.51. The van der Waals surface area contributed by atoms with Crippen LogP contribution in [0, 0.1) is 0 Å². The van der Waals surface area contributed by atoms with Gasteiger partial charge in [0.25, 0.3) is 0 Å². The highest BCUT2D eigenvalue weighted by molar-refractivity contribution is 9.09. The first-order valence-corrected chi connectivity index (χ1v) is 4.92. The third-order valence-electron chi connectivity index (χ3n) is 1.33. The van der Waals surface area contributed by atoms with E-state index in [0.29, 0.717) is 10.9 Å². The standard InChI is InChI=1S/C8H18BrN/c1-7(2)10-6-4-5-8(3)9/h7-8,10H,4-6H2,1-3H3/t8-/m0/s1. The minimum Gasteiger partial charge on any atom is -0.315 e. The first-order valence-electron chi connectivity index (χ1n) is 4.00. The number of hydrogen-bond acceptors (Lipinski definition) is 1. The van der Waals surface area contributed by atoms with E-state index in [1.54, 1.807) is 0 Å². The van der Waals surface area contributed by atoms with Gasteiger partial charge in [0.05, 0.1) is 0 Å². The van der Waals surface area contributed by atoms with Gasteiger partial charge in [-0.25, -0.2) is 0 Å². The number of rotatable bonds is 5. The number of hydrogen-bond donors (Lipinski definition) is 1. The van der Waals surface area contributed by atoms with Gasteiger partial charge < -0.3 is 5.32 Å². The fourth-order valence-corrected chi connectivity index (χ4v) is 1.10. The summed E-state index contributed by atoms with van der Waals surface area (Å²) < 4.78 is 0. The van der Waals surface area contributed by atoms with Crippen molar-refractivity contribution in [1.82, 2.24) is 5.32 Å². The van der Waals surface area contributed by atoms with Gasteiger partial charge in [0.15, 0.2) is 0 Å². The highest BCUT2D eigenvalue weighted by atomic mass is 79.9. The van der Waals surface area contributed by atoms with E-state index in [2.05, 4.69) is 42.0 Å². The van der Waals surface area contributed by atoms with Gasteiger partial charge >= 0.3 is 0 Å². The summed E-state index contributed by atoms with van der Waals surface area (Å²) in [5, 5.41) is 3.38. The van der Waals surface area contributed by atoms with E-state index in [9.17, 15) is 0 Å². The molecule has 0 saturated heterocycles. The lowest BCUT2D eigenvalue weighted by Crippen LogP contribution is -2.23. The van der Waals surface area contributed by atoms with Crippen LogP contribution in [0.25, 0.3) is 0 Å². The van der Waals surface area contributed by atoms with Gasteiger partial charge in [-0.2, -0.15) is 0 Å². The maximum atomic E-state index is 3.51. The Hall–Kier alpha value is 0.440. The van der Waals surface area contributed by atoms with Gasteiger partial charge in [-0.05, 0) is 19.4 Å². The molecule has 0 heterocycles. The Balaban J connectivity index is 2.91. The summed E-state index contributed by atoms with van der Waals surface area (Å²) in [6.07, 6.45) is 2.53. The van der Waals surface area contributed by atoms with Crippen LogP contribution >= 0.6 is 15.9 Å². The molecular formula is C8H18BrN. The molecule has 1 atom stereocenters. The van der Waals surface area contributed by atoms with Crippen molar-refractivity contribution in [3.63, 3.8) is 0 Å². The molecule has 0 fully saturated rings. The third-order valence-corrected chi connectivity index (χ3v) is 1.79. The Morgan fingerprint density at radius 3 is 2.30 bits per heavy atom. The second-order valence-corrected chi connectivity index (χ2v) is 4.59. The molecule has 2 heteroatoms. The van der Waals surface area contributed by atoms with Crippen LogP contribution in [0.1, 0.15) is 33.6 Å². The fourth-order valence-electron chi connectivity index (χ4n) is 0.774. The highest BCUT2D eigenvalue weighted by Crippen LogP contribution is 2.04. The van der Waals surface area contributed by atoms with Gasteiger partial charge in [-0.15, -0.1) is 0 Å². The van der Waals surface area contributed by atoms with Crippen molar-refractivity contribution in [1.29, 1.82) is 0 Å². The predicted molar refractivity (Wildman–Crippen MR) is 50.8 cm³/mol. The zero-order valence-electron chi connectivity index (χ0n) is 7.15. The van der Waals surface area contributed by atoms with Crippen LogP contribution in [0.5, 0.6) is 0 Å². The lowest BCUT2D eigenvalue weighted by molar-refractivity contribution is 0.558. The zero-order chi connectivity index (χ0) is 7.98. The van der Waals surface area contributed by atoms with Gasteiger partial charge in [-0.1, -0.05) is 36.7 Å². The van der Waals surface area contributed by atoms with E-state index in [-0.39, 0.29) is 0 Å². The summed E-state index contributed by atoms with van der Waals surface area (Å²) in [6.45, 7) is 7.69. The summed E-state index contributed by atoms with van der Waals surface area (Å²) in [7, 11) is 0. The molecule has 0 aromatic carbocycles. The molecule has 1 nitrogen and oxygen atoms in total. The zero-order valence-corrected chi connectivity index (χ0v) is 8.74. The van der Waals surface area contributed by atoms with Crippen LogP contribution in [0.4, 0.5) is 0 Å². The molecular weight excluding hydrogens is 190 g/mol. The molecule has 0 aliphatic rings. The maximum absolute atomic E-state index is 3.51. The van der Waals surface area contributed by atoms with Crippen molar-refractivity contribution in [2.75, 3.05) is 6.54 Å². The topological polar surface area (TPSA) is 12.0 Å². The minimum atomic E-state index is 0.630. The predicted octanol–water partition coefficient (Wildman–Crippen LogP) is 2.55. The third kappa shape index (κ3) is 8.44.